The Balaban J connectivity index is 2.07. The summed E-state index contributed by atoms with van der Waals surface area (Å²) in [6.45, 7) is 2.13. The van der Waals surface area contributed by atoms with E-state index >= 15 is 0 Å². The number of aromatic nitrogens is 1. The molecule has 1 aromatic carbocycles. The third-order valence-electron chi connectivity index (χ3n) is 3.11. The molecule has 0 aliphatic heterocycles. The summed E-state index contributed by atoms with van der Waals surface area (Å²) < 4.78 is 1.32. The number of nitrogens with zero attached hydrogens (tertiary/aromatic N) is 1. The minimum absolute atomic E-state index is 0.305. The Kier molecular flexibility index (Phi) is 3.16. The van der Waals surface area contributed by atoms with Gasteiger partial charge in [0, 0.05) is 32.5 Å². The number of rotatable bonds is 3. The first-order chi connectivity index (χ1) is 8.79. The van der Waals surface area contributed by atoms with Crippen molar-refractivity contribution in [3.63, 3.8) is 0 Å². The van der Waals surface area contributed by atoms with Crippen LogP contribution in [0.2, 0.25) is 0 Å². The van der Waals surface area contributed by atoms with Crippen LogP contribution in [-0.4, -0.2) is 12.0 Å². The fourth-order valence-corrected chi connectivity index (χ4v) is 3.86. The minimum Gasteiger partial charge on any atom is -0.312 e. The zero-order valence-electron chi connectivity index (χ0n) is 10.3. The maximum absolute atomic E-state index is 4.74. The smallest absolute Gasteiger partial charge is 0.125 e. The highest BCUT2D eigenvalue weighted by atomic mass is 32.1. The van der Waals surface area contributed by atoms with Crippen LogP contribution in [0, 0.1) is 0 Å². The molecule has 1 atom stereocenters. The van der Waals surface area contributed by atoms with E-state index in [0.717, 1.165) is 10.7 Å². The van der Waals surface area contributed by atoms with Gasteiger partial charge in [0.05, 0.1) is 5.69 Å². The Bertz CT molecular complexity index is 669. The summed E-state index contributed by atoms with van der Waals surface area (Å²) in [6.07, 6.45) is 0. The molecule has 0 radical (unpaired) electrons. The molecule has 1 N–H and O–H groups in total. The van der Waals surface area contributed by atoms with Crippen LogP contribution in [0.1, 0.15) is 18.7 Å². The molecule has 0 bridgehead atoms. The number of thiophene rings is 1. The normalized spacial score (nSPS) is 13.0. The topological polar surface area (TPSA) is 24.9 Å². The molecule has 18 heavy (non-hydrogen) atoms. The van der Waals surface area contributed by atoms with Crippen molar-refractivity contribution in [3.05, 3.63) is 40.7 Å². The molecule has 0 aliphatic rings. The summed E-state index contributed by atoms with van der Waals surface area (Å²) in [7, 11) is 1.96. The number of nitrogens with one attached hydrogen (secondary N) is 1. The SMILES string of the molecule is CNC(C)c1csc(-c2csc3ccccc23)n1. The van der Waals surface area contributed by atoms with Crippen LogP contribution in [0.3, 0.4) is 0 Å². The number of benzene rings is 1. The third kappa shape index (κ3) is 1.96. The first-order valence-electron chi connectivity index (χ1n) is 5.89. The fourth-order valence-electron chi connectivity index (χ4n) is 1.90. The van der Waals surface area contributed by atoms with E-state index in [1.165, 1.54) is 15.6 Å². The Hall–Kier alpha value is -1.23. The highest BCUT2D eigenvalue weighted by Crippen LogP contribution is 2.35. The first-order valence-corrected chi connectivity index (χ1v) is 7.65. The molecule has 2 nitrogen and oxygen atoms in total. The molecule has 0 amide bonds. The van der Waals surface area contributed by atoms with Crippen LogP contribution in [0.4, 0.5) is 0 Å². The maximum Gasteiger partial charge on any atom is 0.125 e. The quantitative estimate of drug-likeness (QED) is 0.770. The van der Waals surface area contributed by atoms with Gasteiger partial charge in [-0.3, -0.25) is 0 Å². The summed E-state index contributed by atoms with van der Waals surface area (Å²) in [4.78, 5) is 4.74. The molecule has 92 valence electrons. The van der Waals surface area contributed by atoms with E-state index in [4.69, 9.17) is 4.98 Å². The highest BCUT2D eigenvalue weighted by molar-refractivity contribution is 7.18. The van der Waals surface area contributed by atoms with Crippen molar-refractivity contribution in [2.24, 2.45) is 0 Å². The molecule has 0 fully saturated rings. The van der Waals surface area contributed by atoms with Crippen LogP contribution in [0.5, 0.6) is 0 Å². The number of thiazole rings is 1. The lowest BCUT2D eigenvalue weighted by Crippen LogP contribution is -2.12. The van der Waals surface area contributed by atoms with E-state index in [2.05, 4.69) is 47.3 Å². The Morgan fingerprint density at radius 3 is 2.83 bits per heavy atom. The maximum atomic E-state index is 4.74. The second-order valence-corrected chi connectivity index (χ2v) is 6.00. The molecule has 2 heterocycles. The standard InChI is InChI=1S/C14H14N2S2/c1-9(15-2)12-8-18-14(16-12)11-7-17-13-6-4-3-5-10(11)13/h3-9,15H,1-2H3. The molecule has 4 heteroatoms. The number of hydrogen-bond donors (Lipinski definition) is 1. The second-order valence-electron chi connectivity index (χ2n) is 4.23. The van der Waals surface area contributed by atoms with Crippen LogP contribution in [-0.2, 0) is 0 Å². The van der Waals surface area contributed by atoms with Gasteiger partial charge in [-0.25, -0.2) is 4.98 Å². The van der Waals surface area contributed by atoms with E-state index in [0.29, 0.717) is 6.04 Å². The van der Waals surface area contributed by atoms with Crippen LogP contribution < -0.4 is 5.32 Å². The van der Waals surface area contributed by atoms with Gasteiger partial charge < -0.3 is 5.32 Å². The molecular formula is C14H14N2S2. The van der Waals surface area contributed by atoms with Gasteiger partial charge >= 0.3 is 0 Å². The van der Waals surface area contributed by atoms with Crippen molar-refractivity contribution in [1.29, 1.82) is 0 Å². The summed E-state index contributed by atoms with van der Waals surface area (Å²) in [5.41, 5.74) is 2.38. The van der Waals surface area contributed by atoms with Crippen LogP contribution in [0.25, 0.3) is 20.7 Å². The number of hydrogen-bond acceptors (Lipinski definition) is 4. The van der Waals surface area contributed by atoms with Gasteiger partial charge in [-0.2, -0.15) is 0 Å². The zero-order chi connectivity index (χ0) is 12.5. The molecule has 0 saturated carbocycles. The molecule has 3 rings (SSSR count). The third-order valence-corrected chi connectivity index (χ3v) is 4.97. The van der Waals surface area contributed by atoms with E-state index in [1.54, 1.807) is 22.7 Å². The molecule has 2 aromatic heterocycles. The van der Waals surface area contributed by atoms with Gasteiger partial charge in [-0.15, -0.1) is 22.7 Å². The van der Waals surface area contributed by atoms with Crippen molar-refractivity contribution in [3.8, 4) is 10.6 Å². The van der Waals surface area contributed by atoms with Crippen LogP contribution >= 0.6 is 22.7 Å². The van der Waals surface area contributed by atoms with Crippen molar-refractivity contribution in [2.75, 3.05) is 7.05 Å². The van der Waals surface area contributed by atoms with Gasteiger partial charge in [-0.05, 0) is 20.0 Å². The Morgan fingerprint density at radius 1 is 1.17 bits per heavy atom. The van der Waals surface area contributed by atoms with Crippen molar-refractivity contribution >= 4 is 32.8 Å². The van der Waals surface area contributed by atoms with Crippen molar-refractivity contribution in [2.45, 2.75) is 13.0 Å². The van der Waals surface area contributed by atoms with Gasteiger partial charge in [0.25, 0.3) is 0 Å². The molecule has 0 aliphatic carbocycles. The summed E-state index contributed by atoms with van der Waals surface area (Å²) in [5, 5.41) is 9.99. The number of fused-ring (bicyclic) bond motifs is 1. The molecule has 3 aromatic rings. The first kappa shape index (κ1) is 11.8. The van der Waals surface area contributed by atoms with E-state index in [-0.39, 0.29) is 0 Å². The van der Waals surface area contributed by atoms with E-state index < -0.39 is 0 Å². The van der Waals surface area contributed by atoms with Gasteiger partial charge in [0.2, 0.25) is 0 Å². The fraction of sp³-hybridized carbons (Fsp3) is 0.214. The average molecular weight is 274 g/mol. The lowest BCUT2D eigenvalue weighted by Gasteiger charge is -2.04. The van der Waals surface area contributed by atoms with Gasteiger partial charge in [-0.1, -0.05) is 18.2 Å². The average Bonchev–Trinajstić information content (AvgIpc) is 3.03. The second kappa shape index (κ2) is 4.80. The molecule has 0 spiro atoms. The van der Waals surface area contributed by atoms with E-state index in [1.807, 2.05) is 7.05 Å². The van der Waals surface area contributed by atoms with Gasteiger partial charge in [0.15, 0.2) is 0 Å². The van der Waals surface area contributed by atoms with Crippen molar-refractivity contribution < 1.29 is 0 Å². The van der Waals surface area contributed by atoms with Crippen molar-refractivity contribution in [1.82, 2.24) is 10.3 Å². The lowest BCUT2D eigenvalue weighted by molar-refractivity contribution is 0.637. The highest BCUT2D eigenvalue weighted by Gasteiger charge is 2.12. The summed E-state index contributed by atoms with van der Waals surface area (Å²) >= 11 is 3.50. The summed E-state index contributed by atoms with van der Waals surface area (Å²) in [6, 6.07) is 8.81. The largest absolute Gasteiger partial charge is 0.312 e. The minimum atomic E-state index is 0.305. The zero-order valence-corrected chi connectivity index (χ0v) is 11.9. The Morgan fingerprint density at radius 2 is 2.00 bits per heavy atom. The summed E-state index contributed by atoms with van der Waals surface area (Å²) in [5.74, 6) is 0. The molecule has 0 saturated heterocycles. The molecular weight excluding hydrogens is 260 g/mol. The monoisotopic (exact) mass is 274 g/mol. The van der Waals surface area contributed by atoms with Gasteiger partial charge in [0.1, 0.15) is 5.01 Å². The van der Waals surface area contributed by atoms with Crippen LogP contribution in [0.15, 0.2) is 35.0 Å². The lowest BCUT2D eigenvalue weighted by atomic mass is 10.2. The predicted octanol–water partition coefficient (Wildman–Crippen LogP) is 4.31. The Labute approximate surface area is 114 Å². The predicted molar refractivity (Wildman–Crippen MR) is 80.4 cm³/mol. The van der Waals surface area contributed by atoms with E-state index in [9.17, 15) is 0 Å². The molecule has 1 unspecified atom stereocenters.